The quantitative estimate of drug-likeness (QED) is 0.632. The third kappa shape index (κ3) is 7.86. The highest BCUT2D eigenvalue weighted by Gasteiger charge is 2.09. The minimum Gasteiger partial charge on any atom is -0.317 e. The Bertz CT molecular complexity index is 343. The van der Waals surface area contributed by atoms with Crippen LogP contribution in [0, 0.1) is 5.92 Å². The second-order valence-electron chi connectivity index (χ2n) is 4.85. The van der Waals surface area contributed by atoms with Crippen LogP contribution in [0.1, 0.15) is 32.3 Å². The Balaban J connectivity index is 2.43. The smallest absolute Gasteiger partial charge is 0.0408 e. The topological polar surface area (TPSA) is 12.0 Å². The number of rotatable bonds is 10. The van der Waals surface area contributed by atoms with Gasteiger partial charge in [0.05, 0.1) is 0 Å². The molecule has 0 fully saturated rings. The number of hydrogen-bond acceptors (Lipinski definition) is 2. The van der Waals surface area contributed by atoms with E-state index in [9.17, 15) is 0 Å². The first kappa shape index (κ1) is 16.9. The van der Waals surface area contributed by atoms with Crippen LogP contribution in [0.25, 0.3) is 0 Å². The van der Waals surface area contributed by atoms with Gasteiger partial charge in [-0.3, -0.25) is 0 Å². The van der Waals surface area contributed by atoms with Gasteiger partial charge >= 0.3 is 0 Å². The summed E-state index contributed by atoms with van der Waals surface area (Å²) in [5.41, 5.74) is 1.36. The molecule has 0 saturated heterocycles. The molecule has 108 valence electrons. The molecule has 1 rings (SSSR count). The van der Waals surface area contributed by atoms with Gasteiger partial charge in [-0.15, -0.1) is 0 Å². The van der Waals surface area contributed by atoms with Crippen LogP contribution in [0.3, 0.4) is 0 Å². The predicted octanol–water partition coefficient (Wildman–Crippen LogP) is 4.64. The number of hydrogen-bond donors (Lipinski definition) is 1. The molecule has 0 aliphatic carbocycles. The van der Waals surface area contributed by atoms with Crippen molar-refractivity contribution in [2.24, 2.45) is 5.92 Å². The van der Waals surface area contributed by atoms with Crippen LogP contribution < -0.4 is 5.32 Å². The van der Waals surface area contributed by atoms with Crippen molar-refractivity contribution in [1.29, 1.82) is 0 Å². The molecule has 0 heterocycles. The Morgan fingerprint density at radius 3 is 2.84 bits per heavy atom. The highest BCUT2D eigenvalue weighted by Crippen LogP contribution is 2.18. The molecule has 1 atom stereocenters. The van der Waals surface area contributed by atoms with Gasteiger partial charge in [-0.05, 0) is 67.5 Å². The molecule has 0 aliphatic heterocycles. The van der Waals surface area contributed by atoms with E-state index in [2.05, 4.69) is 37.4 Å². The first-order valence-corrected chi connectivity index (χ1v) is 8.82. The van der Waals surface area contributed by atoms with Crippen LogP contribution in [-0.2, 0) is 6.42 Å². The van der Waals surface area contributed by atoms with E-state index in [-0.39, 0.29) is 0 Å². The minimum absolute atomic E-state index is 0.718. The second kappa shape index (κ2) is 10.6. The van der Waals surface area contributed by atoms with E-state index < -0.39 is 0 Å². The third-order valence-electron chi connectivity index (χ3n) is 3.20. The maximum Gasteiger partial charge on any atom is 0.0408 e. The van der Waals surface area contributed by atoms with Crippen LogP contribution in [0.5, 0.6) is 0 Å². The summed E-state index contributed by atoms with van der Waals surface area (Å²) in [6.45, 7) is 6.56. The summed E-state index contributed by atoms with van der Waals surface area (Å²) in [5.74, 6) is 3.23. The molecule has 3 heteroatoms. The lowest BCUT2D eigenvalue weighted by Gasteiger charge is -2.17. The Kier molecular flexibility index (Phi) is 9.40. The summed E-state index contributed by atoms with van der Waals surface area (Å²) in [7, 11) is 0. The Hall–Kier alpha value is -0.180. The summed E-state index contributed by atoms with van der Waals surface area (Å²) in [4.78, 5) is 0. The molecule has 0 amide bonds. The van der Waals surface area contributed by atoms with Gasteiger partial charge in [0.15, 0.2) is 0 Å². The van der Waals surface area contributed by atoms with Crippen LogP contribution in [-0.4, -0.2) is 24.6 Å². The zero-order chi connectivity index (χ0) is 13.9. The lowest BCUT2D eigenvalue weighted by atomic mass is 9.95. The van der Waals surface area contributed by atoms with E-state index in [4.69, 9.17) is 11.6 Å². The average molecular weight is 300 g/mol. The van der Waals surface area contributed by atoms with E-state index in [1.54, 1.807) is 0 Å². The average Bonchev–Trinajstić information content (AvgIpc) is 2.40. The molecule has 0 aliphatic rings. The van der Waals surface area contributed by atoms with Crippen LogP contribution in [0.15, 0.2) is 24.3 Å². The molecule has 1 aromatic carbocycles. The molecule has 0 radical (unpaired) electrons. The Morgan fingerprint density at radius 1 is 1.32 bits per heavy atom. The van der Waals surface area contributed by atoms with Crippen molar-refractivity contribution >= 4 is 23.4 Å². The van der Waals surface area contributed by atoms with E-state index in [1.165, 1.54) is 29.9 Å². The van der Waals surface area contributed by atoms with Gasteiger partial charge in [-0.1, -0.05) is 37.6 Å². The van der Waals surface area contributed by atoms with Crippen molar-refractivity contribution in [3.05, 3.63) is 34.9 Å². The van der Waals surface area contributed by atoms with Crippen LogP contribution in [0.4, 0.5) is 0 Å². The normalized spacial score (nSPS) is 12.6. The maximum atomic E-state index is 6.06. The van der Waals surface area contributed by atoms with Crippen molar-refractivity contribution in [3.63, 3.8) is 0 Å². The molecular weight excluding hydrogens is 274 g/mol. The monoisotopic (exact) mass is 299 g/mol. The van der Waals surface area contributed by atoms with Crippen molar-refractivity contribution in [3.8, 4) is 0 Å². The van der Waals surface area contributed by atoms with Crippen LogP contribution in [0.2, 0.25) is 5.02 Å². The first-order valence-electron chi connectivity index (χ1n) is 7.29. The number of thioether (sulfide) groups is 1. The SMILES string of the molecule is CCNCC(CCCSCC)Cc1cccc(Cl)c1. The summed E-state index contributed by atoms with van der Waals surface area (Å²) in [6, 6.07) is 8.28. The second-order valence-corrected chi connectivity index (χ2v) is 6.68. The molecule has 1 N–H and O–H groups in total. The summed E-state index contributed by atoms with van der Waals surface area (Å²) in [5, 5.41) is 4.33. The first-order chi connectivity index (χ1) is 9.26. The van der Waals surface area contributed by atoms with E-state index >= 15 is 0 Å². The van der Waals surface area contributed by atoms with Gasteiger partial charge in [-0.2, -0.15) is 11.8 Å². The molecule has 0 aromatic heterocycles. The van der Waals surface area contributed by atoms with Crippen molar-refractivity contribution in [2.45, 2.75) is 33.1 Å². The zero-order valence-electron chi connectivity index (χ0n) is 12.1. The zero-order valence-corrected chi connectivity index (χ0v) is 13.7. The fourth-order valence-corrected chi connectivity index (χ4v) is 3.11. The largest absolute Gasteiger partial charge is 0.317 e. The van der Waals surface area contributed by atoms with Crippen LogP contribution >= 0.6 is 23.4 Å². The molecule has 0 bridgehead atoms. The van der Waals surface area contributed by atoms with Gasteiger partial charge in [0.2, 0.25) is 0 Å². The van der Waals surface area contributed by atoms with Gasteiger partial charge < -0.3 is 5.32 Å². The number of halogens is 1. The Labute approximate surface area is 127 Å². The molecule has 19 heavy (non-hydrogen) atoms. The van der Waals surface area contributed by atoms with E-state index in [0.29, 0.717) is 0 Å². The standard InChI is InChI=1S/C16H26ClNS/c1-3-18-13-15(8-6-10-19-4-2)11-14-7-5-9-16(17)12-14/h5,7,9,12,15,18H,3-4,6,8,10-11,13H2,1-2H3. The molecule has 1 nitrogen and oxygen atoms in total. The van der Waals surface area contributed by atoms with Gasteiger partial charge in [0.1, 0.15) is 0 Å². The maximum absolute atomic E-state index is 6.06. The summed E-state index contributed by atoms with van der Waals surface area (Å²) < 4.78 is 0. The molecular formula is C16H26ClNS. The fraction of sp³-hybridized carbons (Fsp3) is 0.625. The Morgan fingerprint density at radius 2 is 2.16 bits per heavy atom. The van der Waals surface area contributed by atoms with Crippen molar-refractivity contribution in [2.75, 3.05) is 24.6 Å². The molecule has 0 spiro atoms. The number of benzene rings is 1. The highest BCUT2D eigenvalue weighted by molar-refractivity contribution is 7.99. The van der Waals surface area contributed by atoms with Gasteiger partial charge in [-0.25, -0.2) is 0 Å². The number of nitrogens with one attached hydrogen (secondary N) is 1. The predicted molar refractivity (Wildman–Crippen MR) is 89.4 cm³/mol. The minimum atomic E-state index is 0.718. The fourth-order valence-electron chi connectivity index (χ4n) is 2.24. The lowest BCUT2D eigenvalue weighted by molar-refractivity contribution is 0.446. The molecule has 1 aromatic rings. The third-order valence-corrected chi connectivity index (χ3v) is 4.42. The van der Waals surface area contributed by atoms with E-state index in [1.807, 2.05) is 17.8 Å². The molecule has 0 saturated carbocycles. The van der Waals surface area contributed by atoms with Crippen molar-refractivity contribution in [1.82, 2.24) is 5.32 Å². The van der Waals surface area contributed by atoms with Crippen molar-refractivity contribution < 1.29 is 0 Å². The van der Waals surface area contributed by atoms with Gasteiger partial charge in [0.25, 0.3) is 0 Å². The summed E-state index contributed by atoms with van der Waals surface area (Å²) in [6.07, 6.45) is 3.74. The van der Waals surface area contributed by atoms with E-state index in [0.717, 1.165) is 30.5 Å². The van der Waals surface area contributed by atoms with Gasteiger partial charge in [0, 0.05) is 5.02 Å². The lowest BCUT2D eigenvalue weighted by Crippen LogP contribution is -2.24. The highest BCUT2D eigenvalue weighted by atomic mass is 35.5. The summed E-state index contributed by atoms with van der Waals surface area (Å²) >= 11 is 8.10. The molecule has 1 unspecified atom stereocenters.